The molecule has 0 atom stereocenters. The second-order valence-corrected chi connectivity index (χ2v) is 4.07. The normalized spacial score (nSPS) is 14.2. The van der Waals surface area contributed by atoms with Crippen molar-refractivity contribution in [3.8, 4) is 17.2 Å². The fourth-order valence-corrected chi connectivity index (χ4v) is 1.90. The summed E-state index contributed by atoms with van der Waals surface area (Å²) in [5.41, 5.74) is 6.70. The molecular weight excluding hydrogens is 218 g/mol. The van der Waals surface area contributed by atoms with Gasteiger partial charge in [-0.05, 0) is 37.1 Å². The quantitative estimate of drug-likeness (QED) is 0.866. The van der Waals surface area contributed by atoms with Gasteiger partial charge in [-0.15, -0.1) is 0 Å². The van der Waals surface area contributed by atoms with E-state index in [4.69, 9.17) is 19.9 Å². The molecule has 0 aliphatic carbocycles. The van der Waals surface area contributed by atoms with E-state index in [1.54, 1.807) is 7.11 Å². The Morgan fingerprint density at radius 3 is 2.88 bits per heavy atom. The van der Waals surface area contributed by atoms with Crippen LogP contribution >= 0.6 is 0 Å². The van der Waals surface area contributed by atoms with Crippen molar-refractivity contribution >= 4 is 0 Å². The van der Waals surface area contributed by atoms with Crippen molar-refractivity contribution in [1.29, 1.82) is 0 Å². The molecule has 1 aromatic rings. The molecule has 1 aliphatic heterocycles. The highest BCUT2D eigenvalue weighted by Gasteiger charge is 2.17. The van der Waals surface area contributed by atoms with Crippen molar-refractivity contribution in [2.75, 3.05) is 26.9 Å². The van der Waals surface area contributed by atoms with E-state index >= 15 is 0 Å². The van der Waals surface area contributed by atoms with Crippen molar-refractivity contribution in [3.05, 3.63) is 17.7 Å². The molecule has 0 saturated heterocycles. The lowest BCUT2D eigenvalue weighted by Crippen LogP contribution is -2.02. The van der Waals surface area contributed by atoms with Crippen LogP contribution in [0, 0.1) is 0 Å². The van der Waals surface area contributed by atoms with Gasteiger partial charge in [-0.1, -0.05) is 0 Å². The van der Waals surface area contributed by atoms with Crippen LogP contribution in [0.25, 0.3) is 0 Å². The van der Waals surface area contributed by atoms with E-state index < -0.39 is 0 Å². The van der Waals surface area contributed by atoms with E-state index in [9.17, 15) is 0 Å². The maximum absolute atomic E-state index is 5.68. The molecule has 0 radical (unpaired) electrons. The summed E-state index contributed by atoms with van der Waals surface area (Å²) in [7, 11) is 1.65. The lowest BCUT2D eigenvalue weighted by Gasteiger charge is -2.13. The zero-order valence-electron chi connectivity index (χ0n) is 10.2. The topological polar surface area (TPSA) is 53.7 Å². The van der Waals surface area contributed by atoms with E-state index in [1.165, 1.54) is 5.56 Å². The number of methoxy groups -OCH3 is 1. The summed E-state index contributed by atoms with van der Waals surface area (Å²) < 4.78 is 16.7. The van der Waals surface area contributed by atoms with Gasteiger partial charge in [0.05, 0.1) is 20.3 Å². The maximum atomic E-state index is 5.68. The van der Waals surface area contributed by atoms with Crippen molar-refractivity contribution in [3.63, 3.8) is 0 Å². The first kappa shape index (κ1) is 12.0. The standard InChI is InChI=1S/C13H19NO3/c1-15-11-8-10(4-2-5-14)9-12-13(11)17-7-3-6-16-12/h8-9H,2-7,14H2,1H3. The Balaban J connectivity index is 2.29. The molecule has 0 unspecified atom stereocenters. The Kier molecular flexibility index (Phi) is 4.09. The molecule has 1 aromatic carbocycles. The number of fused-ring (bicyclic) bond motifs is 1. The van der Waals surface area contributed by atoms with Gasteiger partial charge < -0.3 is 19.9 Å². The fraction of sp³-hybridized carbons (Fsp3) is 0.538. The van der Waals surface area contributed by atoms with Crippen LogP contribution in [0.4, 0.5) is 0 Å². The van der Waals surface area contributed by atoms with Crippen molar-refractivity contribution < 1.29 is 14.2 Å². The predicted octanol–water partition coefficient (Wildman–Crippen LogP) is 1.75. The van der Waals surface area contributed by atoms with E-state index in [2.05, 4.69) is 0 Å². The van der Waals surface area contributed by atoms with Crippen LogP contribution < -0.4 is 19.9 Å². The van der Waals surface area contributed by atoms with Crippen LogP contribution in [0.1, 0.15) is 18.4 Å². The summed E-state index contributed by atoms with van der Waals surface area (Å²) in [5, 5.41) is 0. The number of benzene rings is 1. The monoisotopic (exact) mass is 237 g/mol. The predicted molar refractivity (Wildman–Crippen MR) is 66.0 cm³/mol. The Morgan fingerprint density at radius 2 is 2.12 bits per heavy atom. The summed E-state index contributed by atoms with van der Waals surface area (Å²) in [5.74, 6) is 2.26. The van der Waals surface area contributed by atoms with Crippen molar-refractivity contribution in [1.82, 2.24) is 0 Å². The van der Waals surface area contributed by atoms with Gasteiger partial charge in [-0.2, -0.15) is 0 Å². The van der Waals surface area contributed by atoms with Crippen LogP contribution in [0.2, 0.25) is 0 Å². The first-order valence-corrected chi connectivity index (χ1v) is 6.01. The second-order valence-electron chi connectivity index (χ2n) is 4.07. The fourth-order valence-electron chi connectivity index (χ4n) is 1.90. The number of hydrogen-bond acceptors (Lipinski definition) is 4. The van der Waals surface area contributed by atoms with Gasteiger partial charge in [0, 0.05) is 6.42 Å². The minimum absolute atomic E-state index is 0.672. The van der Waals surface area contributed by atoms with Crippen LogP contribution in [0.15, 0.2) is 12.1 Å². The molecule has 0 spiro atoms. The Morgan fingerprint density at radius 1 is 1.29 bits per heavy atom. The summed E-state index contributed by atoms with van der Waals surface area (Å²) in [6.07, 6.45) is 2.79. The second kappa shape index (κ2) is 5.77. The maximum Gasteiger partial charge on any atom is 0.203 e. The molecule has 94 valence electrons. The van der Waals surface area contributed by atoms with Gasteiger partial charge in [0.25, 0.3) is 0 Å². The lowest BCUT2D eigenvalue weighted by atomic mass is 10.1. The average Bonchev–Trinajstić information content (AvgIpc) is 2.60. The Hall–Kier alpha value is -1.42. The highest BCUT2D eigenvalue weighted by atomic mass is 16.5. The average molecular weight is 237 g/mol. The molecule has 0 amide bonds. The Labute approximate surface area is 102 Å². The first-order valence-electron chi connectivity index (χ1n) is 6.01. The number of hydrogen-bond donors (Lipinski definition) is 1. The van der Waals surface area contributed by atoms with Crippen LogP contribution in [0.3, 0.4) is 0 Å². The van der Waals surface area contributed by atoms with Crippen LogP contribution in [0.5, 0.6) is 17.2 Å². The highest BCUT2D eigenvalue weighted by molar-refractivity contribution is 5.54. The number of nitrogens with two attached hydrogens (primary N) is 1. The lowest BCUT2D eigenvalue weighted by molar-refractivity contribution is 0.289. The number of ether oxygens (including phenoxy) is 3. The van der Waals surface area contributed by atoms with Gasteiger partial charge in [0.15, 0.2) is 11.5 Å². The zero-order chi connectivity index (χ0) is 12.1. The molecule has 4 nitrogen and oxygen atoms in total. The summed E-state index contributed by atoms with van der Waals surface area (Å²) in [6.45, 7) is 2.05. The minimum atomic E-state index is 0.672. The van der Waals surface area contributed by atoms with Crippen molar-refractivity contribution in [2.24, 2.45) is 5.73 Å². The van der Waals surface area contributed by atoms with Gasteiger partial charge in [0.2, 0.25) is 5.75 Å². The number of rotatable bonds is 4. The van der Waals surface area contributed by atoms with Gasteiger partial charge in [0.1, 0.15) is 0 Å². The number of aryl methyl sites for hydroxylation is 1. The molecule has 0 bridgehead atoms. The van der Waals surface area contributed by atoms with Crippen molar-refractivity contribution in [2.45, 2.75) is 19.3 Å². The molecule has 0 fully saturated rings. The van der Waals surface area contributed by atoms with E-state index in [0.29, 0.717) is 19.8 Å². The molecule has 0 saturated carbocycles. The van der Waals surface area contributed by atoms with E-state index in [-0.39, 0.29) is 0 Å². The third kappa shape index (κ3) is 2.82. The molecule has 4 heteroatoms. The summed E-state index contributed by atoms with van der Waals surface area (Å²) in [4.78, 5) is 0. The minimum Gasteiger partial charge on any atom is -0.493 e. The summed E-state index contributed by atoms with van der Waals surface area (Å²) in [6, 6.07) is 4.03. The molecule has 17 heavy (non-hydrogen) atoms. The zero-order valence-corrected chi connectivity index (χ0v) is 10.2. The molecule has 0 aromatic heterocycles. The first-order chi connectivity index (χ1) is 8.35. The third-order valence-electron chi connectivity index (χ3n) is 2.76. The van der Waals surface area contributed by atoms with Crippen LogP contribution in [-0.4, -0.2) is 26.9 Å². The van der Waals surface area contributed by atoms with E-state index in [0.717, 1.165) is 36.5 Å². The van der Waals surface area contributed by atoms with E-state index in [1.807, 2.05) is 12.1 Å². The molecule has 2 N–H and O–H groups in total. The largest absolute Gasteiger partial charge is 0.493 e. The van der Waals surface area contributed by atoms with Crippen LogP contribution in [-0.2, 0) is 6.42 Å². The molecule has 2 rings (SSSR count). The molecule has 1 heterocycles. The molecular formula is C13H19NO3. The SMILES string of the molecule is COc1cc(CCCN)cc2c1OCCCO2. The highest BCUT2D eigenvalue weighted by Crippen LogP contribution is 2.40. The third-order valence-corrected chi connectivity index (χ3v) is 2.76. The van der Waals surface area contributed by atoms with Gasteiger partial charge in [-0.25, -0.2) is 0 Å². The smallest absolute Gasteiger partial charge is 0.203 e. The van der Waals surface area contributed by atoms with Gasteiger partial charge in [-0.3, -0.25) is 0 Å². The van der Waals surface area contributed by atoms with Gasteiger partial charge >= 0.3 is 0 Å². The Bertz CT molecular complexity index is 379. The summed E-state index contributed by atoms with van der Waals surface area (Å²) >= 11 is 0. The molecule has 1 aliphatic rings.